The van der Waals surface area contributed by atoms with Gasteiger partial charge in [0, 0.05) is 13.0 Å². The minimum absolute atomic E-state index is 0.0754. The molecule has 0 saturated carbocycles. The van der Waals surface area contributed by atoms with Crippen LogP contribution in [-0.2, 0) is 14.3 Å². The van der Waals surface area contributed by atoms with Gasteiger partial charge in [-0.15, -0.1) is 0 Å². The number of piperidine rings is 1. The maximum atomic E-state index is 12.5. The Bertz CT molecular complexity index is 323. The fraction of sp³-hybridized carbons (Fsp3) is 0.875. The van der Waals surface area contributed by atoms with E-state index in [4.69, 9.17) is 4.74 Å². The largest absolute Gasteiger partial charge is 0.468 e. The first-order valence-electron chi connectivity index (χ1n) is 8.15. The fourth-order valence-electron chi connectivity index (χ4n) is 2.81. The molecule has 0 radical (unpaired) electrons. The van der Waals surface area contributed by atoms with Crippen LogP contribution in [0.5, 0.6) is 0 Å². The number of ether oxygens (including phenoxy) is 1. The molecule has 0 aliphatic carbocycles. The summed E-state index contributed by atoms with van der Waals surface area (Å²) >= 11 is 0. The molecule has 0 spiro atoms. The molecule has 1 amide bonds. The van der Waals surface area contributed by atoms with Crippen LogP contribution in [0.15, 0.2) is 0 Å². The Labute approximate surface area is 128 Å². The first-order chi connectivity index (χ1) is 10.1. The summed E-state index contributed by atoms with van der Waals surface area (Å²) in [5, 5.41) is 3.33. The molecular weight excluding hydrogens is 268 g/mol. The topological polar surface area (TPSA) is 58.6 Å². The summed E-state index contributed by atoms with van der Waals surface area (Å²) in [6.07, 6.45) is 4.79. The van der Waals surface area contributed by atoms with Gasteiger partial charge in [0.2, 0.25) is 5.91 Å². The van der Waals surface area contributed by atoms with Crippen LogP contribution in [0, 0.1) is 11.8 Å². The van der Waals surface area contributed by atoms with E-state index in [9.17, 15) is 9.59 Å². The van der Waals surface area contributed by atoms with E-state index in [1.54, 1.807) is 4.90 Å². The summed E-state index contributed by atoms with van der Waals surface area (Å²) < 4.78 is 4.72. The molecule has 1 rings (SSSR count). The molecule has 1 N–H and O–H groups in total. The SMILES string of the molecule is CCC(CC)CN(CC(=O)OC)C(=O)CC1CCCNC1. The Morgan fingerprint density at radius 1 is 1.33 bits per heavy atom. The molecule has 0 bridgehead atoms. The monoisotopic (exact) mass is 298 g/mol. The Morgan fingerprint density at radius 3 is 2.57 bits per heavy atom. The van der Waals surface area contributed by atoms with Crippen LogP contribution >= 0.6 is 0 Å². The van der Waals surface area contributed by atoms with Gasteiger partial charge in [0.15, 0.2) is 0 Å². The lowest BCUT2D eigenvalue weighted by molar-refractivity contribution is -0.147. The van der Waals surface area contributed by atoms with Crippen LogP contribution in [0.25, 0.3) is 0 Å². The maximum absolute atomic E-state index is 12.5. The highest BCUT2D eigenvalue weighted by molar-refractivity contribution is 5.82. The van der Waals surface area contributed by atoms with Gasteiger partial charge in [-0.05, 0) is 37.8 Å². The van der Waals surface area contributed by atoms with Crippen LogP contribution in [0.1, 0.15) is 46.0 Å². The third-order valence-electron chi connectivity index (χ3n) is 4.40. The van der Waals surface area contributed by atoms with Crippen LogP contribution in [0.4, 0.5) is 0 Å². The molecule has 5 heteroatoms. The number of nitrogens with zero attached hydrogens (tertiary/aromatic N) is 1. The molecule has 0 aromatic heterocycles. The Hall–Kier alpha value is -1.10. The molecule has 1 aliphatic heterocycles. The number of amides is 1. The zero-order chi connectivity index (χ0) is 15.7. The van der Waals surface area contributed by atoms with Crippen molar-refractivity contribution >= 4 is 11.9 Å². The third-order valence-corrected chi connectivity index (χ3v) is 4.40. The second-order valence-corrected chi connectivity index (χ2v) is 5.95. The molecule has 1 saturated heterocycles. The minimum atomic E-state index is -0.337. The van der Waals surface area contributed by atoms with E-state index in [0.29, 0.717) is 24.8 Å². The second-order valence-electron chi connectivity index (χ2n) is 5.95. The van der Waals surface area contributed by atoms with E-state index < -0.39 is 0 Å². The van der Waals surface area contributed by atoms with Crippen molar-refractivity contribution in [2.75, 3.05) is 33.3 Å². The highest BCUT2D eigenvalue weighted by Crippen LogP contribution is 2.17. The Balaban J connectivity index is 2.59. The van der Waals surface area contributed by atoms with Crippen LogP contribution < -0.4 is 5.32 Å². The van der Waals surface area contributed by atoms with Gasteiger partial charge in [-0.25, -0.2) is 0 Å². The molecule has 122 valence electrons. The molecule has 1 heterocycles. The Morgan fingerprint density at radius 2 is 2.05 bits per heavy atom. The van der Waals surface area contributed by atoms with Gasteiger partial charge in [-0.1, -0.05) is 26.7 Å². The van der Waals surface area contributed by atoms with Crippen molar-refractivity contribution in [3.63, 3.8) is 0 Å². The number of nitrogens with one attached hydrogen (secondary N) is 1. The molecule has 1 atom stereocenters. The zero-order valence-electron chi connectivity index (χ0n) is 13.7. The molecule has 0 aromatic rings. The zero-order valence-corrected chi connectivity index (χ0v) is 13.7. The van der Waals surface area contributed by atoms with E-state index in [-0.39, 0.29) is 18.4 Å². The number of carbonyl (C=O) groups excluding carboxylic acids is 2. The van der Waals surface area contributed by atoms with E-state index in [1.165, 1.54) is 7.11 Å². The summed E-state index contributed by atoms with van der Waals surface area (Å²) in [4.78, 5) is 25.8. The summed E-state index contributed by atoms with van der Waals surface area (Å²) in [5.74, 6) is 0.591. The molecule has 5 nitrogen and oxygen atoms in total. The first kappa shape index (κ1) is 18.0. The number of carbonyl (C=O) groups is 2. The van der Waals surface area contributed by atoms with Crippen molar-refractivity contribution in [1.29, 1.82) is 0 Å². The number of hydrogen-bond acceptors (Lipinski definition) is 4. The van der Waals surface area contributed by atoms with Gasteiger partial charge in [-0.2, -0.15) is 0 Å². The van der Waals surface area contributed by atoms with Crippen molar-refractivity contribution in [2.24, 2.45) is 11.8 Å². The molecule has 0 aromatic carbocycles. The van der Waals surface area contributed by atoms with Gasteiger partial charge in [0.1, 0.15) is 6.54 Å². The molecule has 21 heavy (non-hydrogen) atoms. The average molecular weight is 298 g/mol. The van der Waals surface area contributed by atoms with Gasteiger partial charge in [-0.3, -0.25) is 9.59 Å². The van der Waals surface area contributed by atoms with E-state index >= 15 is 0 Å². The molecule has 1 fully saturated rings. The molecular formula is C16H30N2O3. The lowest BCUT2D eigenvalue weighted by Crippen LogP contribution is -2.41. The predicted molar refractivity (Wildman–Crippen MR) is 82.9 cm³/mol. The van der Waals surface area contributed by atoms with Gasteiger partial charge < -0.3 is 15.0 Å². The molecule has 1 aliphatic rings. The lowest BCUT2D eigenvalue weighted by Gasteiger charge is -2.29. The Kier molecular flexibility index (Phi) is 8.35. The lowest BCUT2D eigenvalue weighted by atomic mass is 9.95. The minimum Gasteiger partial charge on any atom is -0.468 e. The van der Waals surface area contributed by atoms with Gasteiger partial charge in [0.25, 0.3) is 0 Å². The standard InChI is InChI=1S/C16H30N2O3/c1-4-13(5-2)11-18(12-16(20)21-3)15(19)9-14-7-6-8-17-10-14/h13-14,17H,4-12H2,1-3H3. The van der Waals surface area contributed by atoms with Crippen molar-refractivity contribution in [3.8, 4) is 0 Å². The van der Waals surface area contributed by atoms with Crippen molar-refractivity contribution in [1.82, 2.24) is 10.2 Å². The van der Waals surface area contributed by atoms with Gasteiger partial charge in [0.05, 0.1) is 7.11 Å². The van der Waals surface area contributed by atoms with Crippen LogP contribution in [0.3, 0.4) is 0 Å². The first-order valence-corrected chi connectivity index (χ1v) is 8.15. The number of esters is 1. The fourth-order valence-corrected chi connectivity index (χ4v) is 2.81. The van der Waals surface area contributed by atoms with Crippen molar-refractivity contribution in [3.05, 3.63) is 0 Å². The average Bonchev–Trinajstić information content (AvgIpc) is 2.51. The summed E-state index contributed by atoms with van der Waals surface area (Å²) in [6, 6.07) is 0. The van der Waals surface area contributed by atoms with E-state index in [1.807, 2.05) is 0 Å². The molecule has 1 unspecified atom stereocenters. The summed E-state index contributed by atoms with van der Waals surface area (Å²) in [7, 11) is 1.37. The predicted octanol–water partition coefficient (Wildman–Crippen LogP) is 1.81. The van der Waals surface area contributed by atoms with Crippen LogP contribution in [-0.4, -0.2) is 50.1 Å². The van der Waals surface area contributed by atoms with E-state index in [2.05, 4.69) is 19.2 Å². The van der Waals surface area contributed by atoms with E-state index in [0.717, 1.165) is 38.8 Å². The van der Waals surface area contributed by atoms with Gasteiger partial charge >= 0.3 is 5.97 Å². The number of methoxy groups -OCH3 is 1. The van der Waals surface area contributed by atoms with Crippen LogP contribution in [0.2, 0.25) is 0 Å². The highest BCUT2D eigenvalue weighted by Gasteiger charge is 2.24. The number of rotatable bonds is 8. The van der Waals surface area contributed by atoms with Crippen molar-refractivity contribution in [2.45, 2.75) is 46.0 Å². The summed E-state index contributed by atoms with van der Waals surface area (Å²) in [6.45, 7) is 6.93. The highest BCUT2D eigenvalue weighted by atomic mass is 16.5. The van der Waals surface area contributed by atoms with Crippen molar-refractivity contribution < 1.29 is 14.3 Å². The smallest absolute Gasteiger partial charge is 0.325 e. The number of hydrogen-bond donors (Lipinski definition) is 1. The summed E-state index contributed by atoms with van der Waals surface area (Å²) in [5.41, 5.74) is 0. The second kappa shape index (κ2) is 9.77. The maximum Gasteiger partial charge on any atom is 0.325 e. The normalized spacial score (nSPS) is 18.6. The third kappa shape index (κ3) is 6.46. The quantitative estimate of drug-likeness (QED) is 0.694.